The van der Waals surface area contributed by atoms with Crippen molar-refractivity contribution < 1.29 is 0 Å². The number of benzene rings is 2. The quantitative estimate of drug-likeness (QED) is 0.452. The van der Waals surface area contributed by atoms with Crippen molar-refractivity contribution in [2.75, 3.05) is 0 Å². The van der Waals surface area contributed by atoms with E-state index in [0.29, 0.717) is 0 Å². The molecule has 0 bridgehead atoms. The van der Waals surface area contributed by atoms with Gasteiger partial charge in [-0.1, -0.05) is 40.2 Å². The molecule has 0 heterocycles. The van der Waals surface area contributed by atoms with Gasteiger partial charge < -0.3 is 0 Å². The fourth-order valence-electron chi connectivity index (χ4n) is 1.87. The number of rotatable bonds is 4. The third-order valence-corrected chi connectivity index (χ3v) is 4.01. The summed E-state index contributed by atoms with van der Waals surface area (Å²) in [6.07, 6.45) is 0.872. The molecule has 2 nitrogen and oxygen atoms in total. The van der Waals surface area contributed by atoms with Crippen molar-refractivity contribution in [3.05, 3.63) is 67.7 Å². The van der Waals surface area contributed by atoms with Crippen LogP contribution in [0.15, 0.2) is 53.0 Å². The minimum Gasteiger partial charge on any atom is -0.271 e. The Morgan fingerprint density at radius 3 is 2.50 bits per heavy atom. The lowest BCUT2D eigenvalue weighted by Gasteiger charge is -2.16. The highest BCUT2D eigenvalue weighted by atomic mass is 127. The van der Waals surface area contributed by atoms with Crippen molar-refractivity contribution in [2.45, 2.75) is 12.5 Å². The summed E-state index contributed by atoms with van der Waals surface area (Å²) in [4.78, 5) is 0. The van der Waals surface area contributed by atoms with E-state index in [-0.39, 0.29) is 6.04 Å². The van der Waals surface area contributed by atoms with Gasteiger partial charge in [-0.15, -0.1) is 0 Å². The van der Waals surface area contributed by atoms with Gasteiger partial charge in [0, 0.05) is 14.1 Å². The van der Waals surface area contributed by atoms with E-state index in [9.17, 15) is 0 Å². The second kappa shape index (κ2) is 6.65. The van der Waals surface area contributed by atoms with E-state index in [1.807, 2.05) is 12.1 Å². The number of hydrazine groups is 1. The Bertz CT molecular complexity index is 513. The van der Waals surface area contributed by atoms with Crippen LogP contribution in [-0.4, -0.2) is 0 Å². The Kier molecular flexibility index (Phi) is 5.17. The maximum absolute atomic E-state index is 5.67. The number of hydrogen-bond acceptors (Lipinski definition) is 2. The molecule has 1 atom stereocenters. The summed E-state index contributed by atoms with van der Waals surface area (Å²) in [5, 5.41) is 0. The summed E-state index contributed by atoms with van der Waals surface area (Å²) < 4.78 is 2.33. The summed E-state index contributed by atoms with van der Waals surface area (Å²) in [5.74, 6) is 5.67. The molecular weight excluding hydrogens is 403 g/mol. The zero-order valence-corrected chi connectivity index (χ0v) is 13.5. The molecule has 2 rings (SSSR count). The third-order valence-electron chi connectivity index (χ3n) is 2.80. The van der Waals surface area contributed by atoms with Gasteiger partial charge in [-0.25, -0.2) is 0 Å². The lowest BCUT2D eigenvalue weighted by atomic mass is 10.00. The molecular formula is C14H14BrIN2. The van der Waals surface area contributed by atoms with Gasteiger partial charge in [0.2, 0.25) is 0 Å². The standard InChI is InChI=1S/C14H14BrIN2/c15-12-3-1-2-10(8-12)9-14(18-17)11-4-6-13(16)7-5-11/h1-8,14,18H,9,17H2. The molecule has 0 saturated heterocycles. The summed E-state index contributed by atoms with van der Waals surface area (Å²) >= 11 is 5.79. The van der Waals surface area contributed by atoms with Crippen LogP contribution in [0.1, 0.15) is 17.2 Å². The van der Waals surface area contributed by atoms with Crippen LogP contribution in [0, 0.1) is 3.57 Å². The molecule has 0 saturated carbocycles. The average molecular weight is 417 g/mol. The normalized spacial score (nSPS) is 12.4. The van der Waals surface area contributed by atoms with Crippen LogP contribution >= 0.6 is 38.5 Å². The van der Waals surface area contributed by atoms with Crippen LogP contribution < -0.4 is 11.3 Å². The maximum Gasteiger partial charge on any atom is 0.0500 e. The first kappa shape index (κ1) is 14.0. The van der Waals surface area contributed by atoms with Crippen LogP contribution in [-0.2, 0) is 6.42 Å². The summed E-state index contributed by atoms with van der Waals surface area (Å²) in [6.45, 7) is 0. The molecule has 0 fully saturated rings. The molecule has 0 amide bonds. The summed E-state index contributed by atoms with van der Waals surface area (Å²) in [5.41, 5.74) is 5.35. The predicted octanol–water partition coefficient (Wildman–Crippen LogP) is 3.80. The van der Waals surface area contributed by atoms with Crippen molar-refractivity contribution >= 4 is 38.5 Å². The first-order valence-corrected chi connectivity index (χ1v) is 7.52. The van der Waals surface area contributed by atoms with E-state index < -0.39 is 0 Å². The van der Waals surface area contributed by atoms with Crippen LogP contribution in [0.3, 0.4) is 0 Å². The van der Waals surface area contributed by atoms with Crippen molar-refractivity contribution in [3.63, 3.8) is 0 Å². The molecule has 0 radical (unpaired) electrons. The Labute approximate surface area is 129 Å². The largest absolute Gasteiger partial charge is 0.271 e. The van der Waals surface area contributed by atoms with Crippen LogP contribution in [0.2, 0.25) is 0 Å². The van der Waals surface area contributed by atoms with Gasteiger partial charge in [0.1, 0.15) is 0 Å². The zero-order valence-electron chi connectivity index (χ0n) is 9.74. The fourth-order valence-corrected chi connectivity index (χ4v) is 2.67. The van der Waals surface area contributed by atoms with Crippen molar-refractivity contribution in [1.82, 2.24) is 5.43 Å². The first-order chi connectivity index (χ1) is 8.69. The lowest BCUT2D eigenvalue weighted by molar-refractivity contribution is 0.552. The second-order valence-electron chi connectivity index (χ2n) is 4.10. The van der Waals surface area contributed by atoms with E-state index in [1.165, 1.54) is 14.7 Å². The highest BCUT2D eigenvalue weighted by Gasteiger charge is 2.10. The van der Waals surface area contributed by atoms with Crippen LogP contribution in [0.5, 0.6) is 0 Å². The first-order valence-electron chi connectivity index (χ1n) is 5.65. The summed E-state index contributed by atoms with van der Waals surface area (Å²) in [7, 11) is 0. The Morgan fingerprint density at radius 2 is 1.89 bits per heavy atom. The zero-order chi connectivity index (χ0) is 13.0. The number of halogens is 2. The van der Waals surface area contributed by atoms with Gasteiger partial charge in [0.05, 0.1) is 0 Å². The monoisotopic (exact) mass is 416 g/mol. The van der Waals surface area contributed by atoms with Gasteiger partial charge in [-0.3, -0.25) is 11.3 Å². The average Bonchev–Trinajstić information content (AvgIpc) is 2.37. The minimum absolute atomic E-state index is 0.135. The molecule has 2 aromatic rings. The van der Waals surface area contributed by atoms with Gasteiger partial charge in [0.25, 0.3) is 0 Å². The van der Waals surface area contributed by atoms with Gasteiger partial charge in [-0.05, 0) is 64.4 Å². The molecule has 0 aliphatic heterocycles. The fraction of sp³-hybridized carbons (Fsp3) is 0.143. The molecule has 3 N–H and O–H groups in total. The van der Waals surface area contributed by atoms with E-state index in [0.717, 1.165) is 10.9 Å². The third kappa shape index (κ3) is 3.78. The SMILES string of the molecule is NNC(Cc1cccc(Br)c1)c1ccc(I)cc1. The number of hydrogen-bond donors (Lipinski definition) is 2. The van der Waals surface area contributed by atoms with E-state index in [1.54, 1.807) is 0 Å². The molecule has 0 aromatic heterocycles. The van der Waals surface area contributed by atoms with Crippen LogP contribution in [0.4, 0.5) is 0 Å². The highest BCUT2D eigenvalue weighted by molar-refractivity contribution is 14.1. The van der Waals surface area contributed by atoms with Crippen molar-refractivity contribution in [3.8, 4) is 0 Å². The molecule has 0 aliphatic carbocycles. The number of nitrogens with one attached hydrogen (secondary N) is 1. The smallest absolute Gasteiger partial charge is 0.0500 e. The molecule has 0 spiro atoms. The van der Waals surface area contributed by atoms with Gasteiger partial charge >= 0.3 is 0 Å². The number of nitrogens with two attached hydrogens (primary N) is 1. The second-order valence-corrected chi connectivity index (χ2v) is 6.27. The van der Waals surface area contributed by atoms with E-state index >= 15 is 0 Å². The highest BCUT2D eigenvalue weighted by Crippen LogP contribution is 2.21. The minimum atomic E-state index is 0.135. The van der Waals surface area contributed by atoms with Gasteiger partial charge in [-0.2, -0.15) is 0 Å². The molecule has 0 aliphatic rings. The van der Waals surface area contributed by atoms with E-state index in [2.05, 4.69) is 80.3 Å². The van der Waals surface area contributed by atoms with Crippen molar-refractivity contribution in [1.29, 1.82) is 0 Å². The van der Waals surface area contributed by atoms with E-state index in [4.69, 9.17) is 5.84 Å². The molecule has 1 unspecified atom stereocenters. The molecule has 2 aromatic carbocycles. The Morgan fingerprint density at radius 1 is 1.17 bits per heavy atom. The molecule has 4 heteroatoms. The topological polar surface area (TPSA) is 38.0 Å². The van der Waals surface area contributed by atoms with Crippen molar-refractivity contribution in [2.24, 2.45) is 5.84 Å². The molecule has 94 valence electrons. The maximum atomic E-state index is 5.67. The lowest BCUT2D eigenvalue weighted by Crippen LogP contribution is -2.29. The molecule has 18 heavy (non-hydrogen) atoms. The predicted molar refractivity (Wildman–Crippen MR) is 87.1 cm³/mol. The summed E-state index contributed by atoms with van der Waals surface area (Å²) in [6, 6.07) is 16.9. The van der Waals surface area contributed by atoms with Gasteiger partial charge in [0.15, 0.2) is 0 Å². The Hall–Kier alpha value is -0.430. The Balaban J connectivity index is 2.17. The van der Waals surface area contributed by atoms with Crippen LogP contribution in [0.25, 0.3) is 0 Å².